The average Bonchev–Trinajstić information content (AvgIpc) is 3.18. The Labute approximate surface area is 184 Å². The van der Waals surface area contributed by atoms with Crippen LogP contribution in [0.3, 0.4) is 0 Å². The minimum atomic E-state index is -0.219. The second-order valence-corrected chi connectivity index (χ2v) is 9.51. The van der Waals surface area contributed by atoms with Crippen LogP contribution in [0.1, 0.15) is 53.7 Å². The highest BCUT2D eigenvalue weighted by atomic mass is 32.1. The Hall–Kier alpha value is -3.26. The number of anilines is 2. The molecule has 3 heterocycles. The van der Waals surface area contributed by atoms with Gasteiger partial charge in [0.25, 0.3) is 5.91 Å². The van der Waals surface area contributed by atoms with Gasteiger partial charge in [0.05, 0.1) is 24.1 Å². The lowest BCUT2D eigenvalue weighted by Gasteiger charge is -2.12. The van der Waals surface area contributed by atoms with Gasteiger partial charge in [0.1, 0.15) is 11.2 Å². The van der Waals surface area contributed by atoms with Crippen molar-refractivity contribution < 1.29 is 4.79 Å². The van der Waals surface area contributed by atoms with E-state index >= 15 is 0 Å². The van der Waals surface area contributed by atoms with Crippen LogP contribution in [-0.2, 0) is 12.5 Å². The van der Waals surface area contributed by atoms with Gasteiger partial charge in [-0.2, -0.15) is 0 Å². The van der Waals surface area contributed by atoms with Crippen LogP contribution in [0.25, 0.3) is 11.0 Å². The van der Waals surface area contributed by atoms with Crippen molar-refractivity contribution in [3.63, 3.8) is 0 Å². The van der Waals surface area contributed by atoms with Crippen LogP contribution in [0, 0.1) is 0 Å². The fraction of sp³-hybridized carbons (Fsp3) is 0.304. The number of aromatic nitrogens is 4. The molecule has 4 aromatic rings. The smallest absolute Gasteiger partial charge is 0.270 e. The summed E-state index contributed by atoms with van der Waals surface area (Å²) in [6.07, 6.45) is 7.64. The number of thiazole rings is 1. The third-order valence-electron chi connectivity index (χ3n) is 5.95. The molecule has 5 rings (SSSR count). The molecule has 1 aliphatic rings. The van der Waals surface area contributed by atoms with E-state index < -0.39 is 0 Å². The minimum absolute atomic E-state index is 0.179. The molecule has 3 aromatic heterocycles. The van der Waals surface area contributed by atoms with E-state index in [1.807, 2.05) is 24.7 Å². The van der Waals surface area contributed by atoms with Gasteiger partial charge < -0.3 is 15.2 Å². The highest BCUT2D eigenvalue weighted by Gasteiger charge is 2.38. The molecule has 1 aliphatic carbocycles. The van der Waals surface area contributed by atoms with Gasteiger partial charge >= 0.3 is 0 Å². The van der Waals surface area contributed by atoms with Crippen molar-refractivity contribution in [2.45, 2.75) is 38.1 Å². The molecule has 0 aliphatic heterocycles. The maximum atomic E-state index is 12.7. The van der Waals surface area contributed by atoms with E-state index in [1.165, 1.54) is 29.7 Å². The van der Waals surface area contributed by atoms with Gasteiger partial charge in [0.15, 0.2) is 5.13 Å². The molecule has 7 nitrogen and oxygen atoms in total. The predicted molar refractivity (Wildman–Crippen MR) is 123 cm³/mol. The van der Waals surface area contributed by atoms with Crippen LogP contribution in [0.4, 0.5) is 10.8 Å². The Bertz CT molecular complexity index is 1270. The fourth-order valence-electron chi connectivity index (χ4n) is 3.61. The second kappa shape index (κ2) is 7.46. The van der Waals surface area contributed by atoms with Gasteiger partial charge in [-0.1, -0.05) is 30.4 Å². The number of nitrogens with one attached hydrogen (secondary N) is 2. The number of carbonyl (C=O) groups excluding carboxylic acids is 1. The SMILES string of the molecule is CC(NC(=O)c1cc2c(cn1)ncn2C)c1cnc(Nc2cccc(C3(C)CC3)c2)s1. The molecule has 1 unspecified atom stereocenters. The van der Waals surface area contributed by atoms with Crippen LogP contribution in [0.2, 0.25) is 0 Å². The first-order valence-electron chi connectivity index (χ1n) is 10.3. The first-order chi connectivity index (χ1) is 14.9. The van der Waals surface area contributed by atoms with Crippen molar-refractivity contribution in [2.75, 3.05) is 5.32 Å². The number of benzene rings is 1. The minimum Gasteiger partial charge on any atom is -0.343 e. The summed E-state index contributed by atoms with van der Waals surface area (Å²) in [4.78, 5) is 26.7. The zero-order valence-electron chi connectivity index (χ0n) is 17.7. The number of rotatable bonds is 6. The number of aryl methyl sites for hydroxylation is 1. The van der Waals surface area contributed by atoms with Gasteiger partial charge in [0, 0.05) is 23.8 Å². The van der Waals surface area contributed by atoms with Crippen molar-refractivity contribution in [1.29, 1.82) is 0 Å². The Kier molecular flexibility index (Phi) is 4.74. The molecule has 1 aromatic carbocycles. The molecule has 1 amide bonds. The zero-order valence-corrected chi connectivity index (χ0v) is 18.5. The van der Waals surface area contributed by atoms with Crippen LogP contribution in [0.5, 0.6) is 0 Å². The Morgan fingerprint density at radius 2 is 2.03 bits per heavy atom. The number of pyridine rings is 1. The van der Waals surface area contributed by atoms with Gasteiger partial charge in [-0.25, -0.2) is 15.0 Å². The predicted octanol–water partition coefficient (Wildman–Crippen LogP) is 4.71. The quantitative estimate of drug-likeness (QED) is 0.461. The van der Waals surface area contributed by atoms with Crippen LogP contribution >= 0.6 is 11.3 Å². The maximum Gasteiger partial charge on any atom is 0.270 e. The lowest BCUT2D eigenvalue weighted by molar-refractivity contribution is 0.0935. The number of hydrogen-bond donors (Lipinski definition) is 2. The largest absolute Gasteiger partial charge is 0.343 e. The molecule has 8 heteroatoms. The lowest BCUT2D eigenvalue weighted by atomic mass is 9.98. The topological polar surface area (TPSA) is 84.7 Å². The number of amides is 1. The summed E-state index contributed by atoms with van der Waals surface area (Å²) < 4.78 is 1.87. The fourth-order valence-corrected chi connectivity index (χ4v) is 4.45. The molecule has 2 N–H and O–H groups in total. The Morgan fingerprint density at radius 1 is 1.19 bits per heavy atom. The van der Waals surface area contributed by atoms with E-state index in [-0.39, 0.29) is 11.9 Å². The number of hydrogen-bond acceptors (Lipinski definition) is 6. The molecule has 31 heavy (non-hydrogen) atoms. The van der Waals surface area contributed by atoms with Gasteiger partial charge in [-0.15, -0.1) is 0 Å². The van der Waals surface area contributed by atoms with Crippen molar-refractivity contribution >= 4 is 39.1 Å². The molecule has 1 saturated carbocycles. The summed E-state index contributed by atoms with van der Waals surface area (Å²) in [5.74, 6) is -0.219. The Balaban J connectivity index is 1.26. The van der Waals surface area contributed by atoms with E-state index in [0.717, 1.165) is 26.7 Å². The van der Waals surface area contributed by atoms with Gasteiger partial charge in [-0.3, -0.25) is 4.79 Å². The highest BCUT2D eigenvalue weighted by molar-refractivity contribution is 7.15. The molecule has 1 atom stereocenters. The van der Waals surface area contributed by atoms with Crippen molar-refractivity contribution in [3.05, 3.63) is 65.2 Å². The number of nitrogens with zero attached hydrogens (tertiary/aromatic N) is 4. The van der Waals surface area contributed by atoms with Gasteiger partial charge in [0.2, 0.25) is 0 Å². The summed E-state index contributed by atoms with van der Waals surface area (Å²) in [7, 11) is 1.90. The van der Waals surface area contributed by atoms with Crippen molar-refractivity contribution in [2.24, 2.45) is 7.05 Å². The Morgan fingerprint density at radius 3 is 2.84 bits per heavy atom. The van der Waals surface area contributed by atoms with E-state index in [9.17, 15) is 4.79 Å². The van der Waals surface area contributed by atoms with Crippen LogP contribution < -0.4 is 10.6 Å². The molecule has 158 valence electrons. The molecule has 0 spiro atoms. The average molecular weight is 433 g/mol. The van der Waals surface area contributed by atoms with Crippen molar-refractivity contribution in [1.82, 2.24) is 24.8 Å². The second-order valence-electron chi connectivity index (χ2n) is 8.44. The first kappa shape index (κ1) is 19.7. The number of carbonyl (C=O) groups is 1. The summed E-state index contributed by atoms with van der Waals surface area (Å²) in [5, 5.41) is 7.22. The molecule has 0 radical (unpaired) electrons. The van der Waals surface area contributed by atoms with Gasteiger partial charge in [-0.05, 0) is 48.9 Å². The lowest BCUT2D eigenvalue weighted by Crippen LogP contribution is -2.26. The third-order valence-corrected chi connectivity index (χ3v) is 7.05. The molecular weight excluding hydrogens is 408 g/mol. The summed E-state index contributed by atoms with van der Waals surface area (Å²) in [6.45, 7) is 4.26. The van der Waals surface area contributed by atoms with Crippen LogP contribution in [-0.4, -0.2) is 25.4 Å². The molecular formula is C23H24N6OS. The van der Waals surface area contributed by atoms with E-state index in [4.69, 9.17) is 0 Å². The van der Waals surface area contributed by atoms with E-state index in [1.54, 1.807) is 18.6 Å². The number of imidazole rings is 1. The first-order valence-corrected chi connectivity index (χ1v) is 11.1. The van der Waals surface area contributed by atoms with E-state index in [0.29, 0.717) is 11.1 Å². The highest BCUT2D eigenvalue weighted by Crippen LogP contribution is 2.48. The van der Waals surface area contributed by atoms with Crippen molar-refractivity contribution in [3.8, 4) is 0 Å². The standard InChI is InChI=1S/C23H24N6OS/c1-14(27-21(30)17-10-19-18(11-24-17)26-13-29(19)3)20-12-25-22(31-20)28-16-6-4-5-15(9-16)23(2)7-8-23/h4-6,9-14H,7-8H2,1-3H3,(H,25,28)(H,27,30). The summed E-state index contributed by atoms with van der Waals surface area (Å²) in [6, 6.07) is 10.1. The van der Waals surface area contributed by atoms with Crippen LogP contribution in [0.15, 0.2) is 49.1 Å². The molecule has 1 fully saturated rings. The molecule has 0 saturated heterocycles. The number of fused-ring (bicyclic) bond motifs is 1. The normalized spacial score (nSPS) is 15.6. The molecule has 0 bridgehead atoms. The summed E-state index contributed by atoms with van der Waals surface area (Å²) in [5.41, 5.74) is 4.75. The third kappa shape index (κ3) is 3.90. The monoisotopic (exact) mass is 432 g/mol. The summed E-state index contributed by atoms with van der Waals surface area (Å²) >= 11 is 1.54. The zero-order chi connectivity index (χ0) is 21.6. The van der Waals surface area contributed by atoms with E-state index in [2.05, 4.69) is 56.8 Å². The maximum absolute atomic E-state index is 12.7.